The highest BCUT2D eigenvalue weighted by Crippen LogP contribution is 2.22. The summed E-state index contributed by atoms with van der Waals surface area (Å²) in [5, 5.41) is 0. The third-order valence-electron chi connectivity index (χ3n) is 2.41. The first-order chi connectivity index (χ1) is 6.07. The highest BCUT2D eigenvalue weighted by Gasteiger charge is 2.28. The van der Waals surface area contributed by atoms with Gasteiger partial charge in [0.15, 0.2) is 9.84 Å². The van der Waals surface area contributed by atoms with Crippen LogP contribution in [0.3, 0.4) is 0 Å². The van der Waals surface area contributed by atoms with E-state index in [-0.39, 0.29) is 12.0 Å². The fourth-order valence-corrected chi connectivity index (χ4v) is 3.53. The molecule has 5 heteroatoms. The lowest BCUT2D eigenvalue weighted by Gasteiger charge is -2.14. The van der Waals surface area contributed by atoms with Gasteiger partial charge in [0.05, 0.1) is 11.5 Å². The van der Waals surface area contributed by atoms with Crippen molar-refractivity contribution in [2.24, 2.45) is 11.8 Å². The maximum Gasteiger partial charge on any atom is 0.150 e. The quantitative estimate of drug-likeness (QED) is 0.379. The fraction of sp³-hybridized carbons (Fsp3) is 0.750. The number of rotatable bonds is 4. The lowest BCUT2D eigenvalue weighted by Crippen LogP contribution is -2.35. The zero-order chi connectivity index (χ0) is 9.90. The van der Waals surface area contributed by atoms with E-state index in [4.69, 9.17) is 5.84 Å². The van der Waals surface area contributed by atoms with Crippen LogP contribution < -0.4 is 11.3 Å². The Balaban J connectivity index is 2.44. The van der Waals surface area contributed by atoms with Crippen molar-refractivity contribution in [2.75, 3.05) is 11.5 Å². The molecule has 4 nitrogen and oxygen atoms in total. The summed E-state index contributed by atoms with van der Waals surface area (Å²) >= 11 is 0. The molecule has 0 saturated carbocycles. The molecule has 1 saturated heterocycles. The van der Waals surface area contributed by atoms with Crippen LogP contribution in [0.4, 0.5) is 0 Å². The smallest absolute Gasteiger partial charge is 0.150 e. The van der Waals surface area contributed by atoms with Gasteiger partial charge < -0.3 is 0 Å². The molecular weight excluding hydrogens is 188 g/mol. The molecule has 0 spiro atoms. The maximum atomic E-state index is 11.1. The van der Waals surface area contributed by atoms with Gasteiger partial charge in [-0.15, -0.1) is 6.58 Å². The lowest BCUT2D eigenvalue weighted by atomic mass is 10.00. The van der Waals surface area contributed by atoms with Gasteiger partial charge in [-0.05, 0) is 18.8 Å². The van der Waals surface area contributed by atoms with Crippen molar-refractivity contribution in [3.63, 3.8) is 0 Å². The monoisotopic (exact) mass is 204 g/mol. The normalized spacial score (nSPS) is 28.5. The molecule has 76 valence electrons. The van der Waals surface area contributed by atoms with Crippen molar-refractivity contribution < 1.29 is 8.42 Å². The van der Waals surface area contributed by atoms with Gasteiger partial charge in [-0.2, -0.15) is 0 Å². The van der Waals surface area contributed by atoms with Crippen molar-refractivity contribution in [2.45, 2.75) is 18.9 Å². The van der Waals surface area contributed by atoms with Gasteiger partial charge in [-0.3, -0.25) is 11.3 Å². The summed E-state index contributed by atoms with van der Waals surface area (Å²) < 4.78 is 22.2. The molecule has 2 unspecified atom stereocenters. The molecule has 0 amide bonds. The SMILES string of the molecule is C=CC(CC1CCS(=O)(=O)C1)NN. The van der Waals surface area contributed by atoms with Crippen LogP contribution in [0.25, 0.3) is 0 Å². The summed E-state index contributed by atoms with van der Waals surface area (Å²) in [7, 11) is -2.76. The van der Waals surface area contributed by atoms with Crippen LogP contribution in [-0.2, 0) is 9.84 Å². The first-order valence-electron chi connectivity index (χ1n) is 4.36. The third-order valence-corrected chi connectivity index (χ3v) is 4.25. The van der Waals surface area contributed by atoms with Gasteiger partial charge in [0, 0.05) is 6.04 Å². The highest BCUT2D eigenvalue weighted by molar-refractivity contribution is 7.91. The zero-order valence-corrected chi connectivity index (χ0v) is 8.39. The Hall–Kier alpha value is -0.390. The molecule has 0 bridgehead atoms. The van der Waals surface area contributed by atoms with Gasteiger partial charge >= 0.3 is 0 Å². The topological polar surface area (TPSA) is 72.2 Å². The van der Waals surface area contributed by atoms with E-state index in [1.54, 1.807) is 6.08 Å². The minimum atomic E-state index is -2.76. The van der Waals surface area contributed by atoms with Crippen molar-refractivity contribution in [3.05, 3.63) is 12.7 Å². The number of hydrogen-bond acceptors (Lipinski definition) is 4. The van der Waals surface area contributed by atoms with Crippen molar-refractivity contribution in [1.29, 1.82) is 0 Å². The second-order valence-corrected chi connectivity index (χ2v) is 5.74. The van der Waals surface area contributed by atoms with E-state index >= 15 is 0 Å². The van der Waals surface area contributed by atoms with Crippen LogP contribution in [0.5, 0.6) is 0 Å². The second-order valence-electron chi connectivity index (χ2n) is 3.51. The van der Waals surface area contributed by atoms with Crippen molar-refractivity contribution >= 4 is 9.84 Å². The summed E-state index contributed by atoms with van der Waals surface area (Å²) in [6.07, 6.45) is 3.23. The van der Waals surface area contributed by atoms with Crippen molar-refractivity contribution in [1.82, 2.24) is 5.43 Å². The Morgan fingerprint density at radius 1 is 1.69 bits per heavy atom. The minimum absolute atomic E-state index is 0.0262. The van der Waals surface area contributed by atoms with Gasteiger partial charge in [-0.25, -0.2) is 8.42 Å². The molecule has 0 aromatic rings. The molecule has 0 aromatic heterocycles. The van der Waals surface area contributed by atoms with E-state index < -0.39 is 9.84 Å². The Bertz CT molecular complexity index is 274. The molecule has 1 heterocycles. The number of sulfone groups is 1. The van der Waals surface area contributed by atoms with Gasteiger partial charge in [0.25, 0.3) is 0 Å². The molecular formula is C8H16N2O2S. The lowest BCUT2D eigenvalue weighted by molar-refractivity contribution is 0.460. The Morgan fingerprint density at radius 3 is 2.77 bits per heavy atom. The van der Waals surface area contributed by atoms with Crippen LogP contribution >= 0.6 is 0 Å². The molecule has 13 heavy (non-hydrogen) atoms. The van der Waals surface area contributed by atoms with Crippen LogP contribution in [0.1, 0.15) is 12.8 Å². The molecule has 1 aliphatic heterocycles. The molecule has 3 N–H and O–H groups in total. The predicted octanol–water partition coefficient (Wildman–Crippen LogP) is -0.171. The van der Waals surface area contributed by atoms with Crippen LogP contribution in [0.15, 0.2) is 12.7 Å². The standard InChI is InChI=1S/C8H16N2O2S/c1-2-8(10-9)5-7-3-4-13(11,12)6-7/h2,7-8,10H,1,3-6,9H2. The molecule has 1 rings (SSSR count). The molecule has 2 atom stereocenters. The highest BCUT2D eigenvalue weighted by atomic mass is 32.2. The number of nitrogens with one attached hydrogen (secondary N) is 1. The van der Waals surface area contributed by atoms with Gasteiger partial charge in [-0.1, -0.05) is 6.08 Å². The molecule has 0 aromatic carbocycles. The first kappa shape index (κ1) is 10.7. The maximum absolute atomic E-state index is 11.1. The molecule has 1 fully saturated rings. The summed E-state index contributed by atoms with van der Waals surface area (Å²) in [6.45, 7) is 3.62. The molecule has 0 aliphatic carbocycles. The molecule has 0 radical (unpaired) electrons. The summed E-state index contributed by atoms with van der Waals surface area (Å²) in [5.74, 6) is 6.13. The Kier molecular flexibility index (Phi) is 3.47. The van der Waals surface area contributed by atoms with E-state index in [2.05, 4.69) is 12.0 Å². The van der Waals surface area contributed by atoms with E-state index in [0.717, 1.165) is 12.8 Å². The summed E-state index contributed by atoms with van der Waals surface area (Å²) in [6, 6.07) is 0.0262. The van der Waals surface area contributed by atoms with Crippen LogP contribution in [0.2, 0.25) is 0 Å². The third kappa shape index (κ3) is 3.10. The van der Waals surface area contributed by atoms with E-state index in [0.29, 0.717) is 11.5 Å². The number of hydrogen-bond donors (Lipinski definition) is 2. The van der Waals surface area contributed by atoms with Crippen LogP contribution in [-0.4, -0.2) is 26.0 Å². The summed E-state index contributed by atoms with van der Waals surface area (Å²) in [4.78, 5) is 0. The van der Waals surface area contributed by atoms with E-state index in [1.807, 2.05) is 0 Å². The second kappa shape index (κ2) is 4.21. The molecule has 1 aliphatic rings. The van der Waals surface area contributed by atoms with Crippen molar-refractivity contribution in [3.8, 4) is 0 Å². The summed E-state index contributed by atoms with van der Waals surface area (Å²) in [5.41, 5.74) is 2.59. The Labute approximate surface area is 79.1 Å². The average molecular weight is 204 g/mol. The van der Waals surface area contributed by atoms with Gasteiger partial charge in [0.1, 0.15) is 0 Å². The predicted molar refractivity (Wildman–Crippen MR) is 52.7 cm³/mol. The van der Waals surface area contributed by atoms with Gasteiger partial charge in [0.2, 0.25) is 0 Å². The minimum Gasteiger partial charge on any atom is -0.271 e. The van der Waals surface area contributed by atoms with E-state index in [1.165, 1.54) is 0 Å². The van der Waals surface area contributed by atoms with Crippen LogP contribution in [0, 0.1) is 5.92 Å². The Morgan fingerprint density at radius 2 is 2.38 bits per heavy atom. The largest absolute Gasteiger partial charge is 0.271 e. The zero-order valence-electron chi connectivity index (χ0n) is 7.57. The first-order valence-corrected chi connectivity index (χ1v) is 6.18. The fourth-order valence-electron chi connectivity index (χ4n) is 1.65. The van der Waals surface area contributed by atoms with E-state index in [9.17, 15) is 8.42 Å². The number of hydrazine groups is 1. The average Bonchev–Trinajstić information content (AvgIpc) is 2.41. The number of nitrogens with two attached hydrogens (primary N) is 1.